The molecule has 0 saturated carbocycles. The van der Waals surface area contributed by atoms with Gasteiger partial charge in [0.2, 0.25) is 0 Å². The fraction of sp³-hybridized carbons (Fsp3) is 0.133. The van der Waals surface area contributed by atoms with E-state index in [-0.39, 0.29) is 0 Å². The molecule has 1 heterocycles. The van der Waals surface area contributed by atoms with E-state index in [0.29, 0.717) is 0 Å². The van der Waals surface area contributed by atoms with Gasteiger partial charge in [-0.15, -0.1) is 0 Å². The van der Waals surface area contributed by atoms with Crippen molar-refractivity contribution < 1.29 is 4.74 Å². The molecule has 3 rings (SSSR count). The average molecular weight is 428 g/mol. The minimum absolute atomic E-state index is 0.776. The Hall–Kier alpha value is -1.11. The molecule has 0 aliphatic rings. The molecular weight excluding hydrogens is 416 g/mol. The largest absolute Gasteiger partial charge is 0.495 e. The minimum Gasteiger partial charge on any atom is -0.495 e. The zero-order valence-electron chi connectivity index (χ0n) is 11.4. The van der Waals surface area contributed by atoms with Crippen molar-refractivity contribution in [3.63, 3.8) is 0 Å². The highest BCUT2D eigenvalue weighted by molar-refractivity contribution is 9.11. The number of thiazole rings is 1. The Bertz CT molecular complexity index is 817. The van der Waals surface area contributed by atoms with Crippen LogP contribution in [0.5, 0.6) is 5.75 Å². The molecule has 2 aromatic carbocycles. The highest BCUT2D eigenvalue weighted by atomic mass is 79.9. The highest BCUT2D eigenvalue weighted by Crippen LogP contribution is 2.37. The van der Waals surface area contributed by atoms with Gasteiger partial charge < -0.3 is 10.1 Å². The van der Waals surface area contributed by atoms with E-state index in [1.807, 2.05) is 12.1 Å². The van der Waals surface area contributed by atoms with Crippen molar-refractivity contribution in [2.75, 3.05) is 12.4 Å². The van der Waals surface area contributed by atoms with Gasteiger partial charge in [-0.25, -0.2) is 4.98 Å². The number of rotatable bonds is 3. The average Bonchev–Trinajstić information content (AvgIpc) is 2.86. The van der Waals surface area contributed by atoms with Crippen molar-refractivity contribution in [1.82, 2.24) is 4.98 Å². The first kappa shape index (κ1) is 14.8. The van der Waals surface area contributed by atoms with Crippen LogP contribution in [0.3, 0.4) is 0 Å². The predicted octanol–water partition coefficient (Wildman–Crippen LogP) is 5.88. The molecule has 1 N–H and O–H groups in total. The molecule has 3 nitrogen and oxygen atoms in total. The van der Waals surface area contributed by atoms with Crippen LogP contribution in [0, 0.1) is 6.92 Å². The van der Waals surface area contributed by atoms with Crippen molar-refractivity contribution in [2.24, 2.45) is 0 Å². The van der Waals surface area contributed by atoms with Gasteiger partial charge in [0.05, 0.1) is 27.5 Å². The molecule has 0 fully saturated rings. The number of nitrogens with zero attached hydrogens (tertiary/aromatic N) is 1. The zero-order chi connectivity index (χ0) is 15.0. The van der Waals surface area contributed by atoms with Gasteiger partial charge in [-0.2, -0.15) is 0 Å². The van der Waals surface area contributed by atoms with Crippen LogP contribution in [-0.2, 0) is 0 Å². The second-order valence-electron chi connectivity index (χ2n) is 4.53. The number of nitrogens with one attached hydrogen (secondary N) is 1. The number of para-hydroxylation sites is 1. The third-order valence-electron chi connectivity index (χ3n) is 3.10. The van der Waals surface area contributed by atoms with Crippen molar-refractivity contribution >= 4 is 64.2 Å². The number of benzene rings is 2. The third kappa shape index (κ3) is 2.93. The molecule has 6 heteroatoms. The fourth-order valence-corrected chi connectivity index (χ4v) is 4.25. The predicted molar refractivity (Wildman–Crippen MR) is 96.0 cm³/mol. The van der Waals surface area contributed by atoms with Gasteiger partial charge in [-0.1, -0.05) is 23.5 Å². The molecule has 0 saturated heterocycles. The van der Waals surface area contributed by atoms with Gasteiger partial charge in [0.1, 0.15) is 5.75 Å². The summed E-state index contributed by atoms with van der Waals surface area (Å²) in [6.45, 7) is 2.07. The second-order valence-corrected chi connectivity index (χ2v) is 7.27. The maximum Gasteiger partial charge on any atom is 0.188 e. The second kappa shape index (κ2) is 5.94. The molecule has 0 spiro atoms. The number of anilines is 2. The van der Waals surface area contributed by atoms with Gasteiger partial charge in [0.15, 0.2) is 5.13 Å². The Morgan fingerprint density at radius 3 is 2.71 bits per heavy atom. The Morgan fingerprint density at radius 2 is 2.00 bits per heavy atom. The smallest absolute Gasteiger partial charge is 0.188 e. The quantitative estimate of drug-likeness (QED) is 0.566. The Labute approximate surface area is 143 Å². The molecule has 0 radical (unpaired) electrons. The molecule has 0 bridgehead atoms. The van der Waals surface area contributed by atoms with Crippen LogP contribution < -0.4 is 10.1 Å². The van der Waals surface area contributed by atoms with Crippen molar-refractivity contribution in [3.8, 4) is 5.75 Å². The van der Waals surface area contributed by atoms with E-state index >= 15 is 0 Å². The van der Waals surface area contributed by atoms with Crippen LogP contribution in [0.4, 0.5) is 10.8 Å². The molecule has 0 unspecified atom stereocenters. The topological polar surface area (TPSA) is 34.1 Å². The lowest BCUT2D eigenvalue weighted by Gasteiger charge is -2.09. The third-order valence-corrected chi connectivity index (χ3v) is 5.32. The monoisotopic (exact) mass is 426 g/mol. The van der Waals surface area contributed by atoms with E-state index in [0.717, 1.165) is 31.0 Å². The van der Waals surface area contributed by atoms with Crippen molar-refractivity contribution in [2.45, 2.75) is 6.92 Å². The Morgan fingerprint density at radius 1 is 1.19 bits per heavy atom. The summed E-state index contributed by atoms with van der Waals surface area (Å²) in [5.41, 5.74) is 3.15. The molecule has 0 aliphatic carbocycles. The summed E-state index contributed by atoms with van der Waals surface area (Å²) in [4.78, 5) is 4.66. The molecular formula is C15H12Br2N2OS. The standard InChI is InChI=1S/C15H12Br2N2OS/c1-8-4-3-5-13-14(8)19-15(21-13)18-11-7-12(20-2)10(17)6-9(11)16/h3-7H,1-2H3,(H,18,19). The maximum absolute atomic E-state index is 5.33. The lowest BCUT2D eigenvalue weighted by Crippen LogP contribution is -1.93. The van der Waals surface area contributed by atoms with E-state index in [1.165, 1.54) is 10.3 Å². The summed E-state index contributed by atoms with van der Waals surface area (Å²) in [6.07, 6.45) is 0. The normalized spacial score (nSPS) is 10.9. The fourth-order valence-electron chi connectivity index (χ4n) is 2.04. The van der Waals surface area contributed by atoms with Crippen LogP contribution in [0.15, 0.2) is 39.3 Å². The summed E-state index contributed by atoms with van der Waals surface area (Å²) >= 11 is 8.66. The van der Waals surface area contributed by atoms with Gasteiger partial charge in [-0.05, 0) is 56.5 Å². The first-order chi connectivity index (χ1) is 10.1. The number of hydrogen-bond donors (Lipinski definition) is 1. The van der Waals surface area contributed by atoms with Gasteiger partial charge in [0.25, 0.3) is 0 Å². The lowest BCUT2D eigenvalue weighted by atomic mass is 10.2. The zero-order valence-corrected chi connectivity index (χ0v) is 15.4. The number of halogens is 2. The maximum atomic E-state index is 5.33. The minimum atomic E-state index is 0.776. The van der Waals surface area contributed by atoms with Crippen molar-refractivity contribution in [1.29, 1.82) is 0 Å². The number of hydrogen-bond acceptors (Lipinski definition) is 4. The van der Waals surface area contributed by atoms with Crippen LogP contribution in [0.25, 0.3) is 10.2 Å². The van der Waals surface area contributed by atoms with E-state index in [4.69, 9.17) is 4.74 Å². The molecule has 21 heavy (non-hydrogen) atoms. The first-order valence-corrected chi connectivity index (χ1v) is 8.65. The van der Waals surface area contributed by atoms with Crippen LogP contribution in [0.2, 0.25) is 0 Å². The number of fused-ring (bicyclic) bond motifs is 1. The summed E-state index contributed by atoms with van der Waals surface area (Å²) in [5, 5.41) is 4.22. The summed E-state index contributed by atoms with van der Waals surface area (Å²) in [5.74, 6) is 0.776. The summed E-state index contributed by atoms with van der Waals surface area (Å²) in [6, 6.07) is 10.1. The molecule has 0 amide bonds. The van der Waals surface area contributed by atoms with Gasteiger partial charge in [-0.3, -0.25) is 0 Å². The Kier molecular flexibility index (Phi) is 4.19. The van der Waals surface area contributed by atoms with Crippen molar-refractivity contribution in [3.05, 3.63) is 44.8 Å². The lowest BCUT2D eigenvalue weighted by molar-refractivity contribution is 0.412. The van der Waals surface area contributed by atoms with Gasteiger partial charge in [0, 0.05) is 10.5 Å². The SMILES string of the molecule is COc1cc(Nc2nc3c(C)cccc3s2)c(Br)cc1Br. The summed E-state index contributed by atoms with van der Waals surface area (Å²) < 4.78 is 8.37. The number of methoxy groups -OCH3 is 1. The van der Waals surface area contributed by atoms with E-state index < -0.39 is 0 Å². The van der Waals surface area contributed by atoms with E-state index in [2.05, 4.69) is 67.3 Å². The molecule has 108 valence electrons. The van der Waals surface area contributed by atoms with Gasteiger partial charge >= 0.3 is 0 Å². The van der Waals surface area contributed by atoms with Crippen LogP contribution in [-0.4, -0.2) is 12.1 Å². The summed E-state index contributed by atoms with van der Waals surface area (Å²) in [7, 11) is 1.65. The highest BCUT2D eigenvalue weighted by Gasteiger charge is 2.10. The van der Waals surface area contributed by atoms with Crippen LogP contribution >= 0.6 is 43.2 Å². The number of aryl methyl sites for hydroxylation is 1. The van der Waals surface area contributed by atoms with E-state index in [1.54, 1.807) is 18.4 Å². The molecule has 0 atom stereocenters. The molecule has 1 aromatic heterocycles. The number of ether oxygens (including phenoxy) is 1. The van der Waals surface area contributed by atoms with Crippen LogP contribution in [0.1, 0.15) is 5.56 Å². The Balaban J connectivity index is 2.00. The molecule has 3 aromatic rings. The number of aromatic nitrogens is 1. The molecule has 0 aliphatic heterocycles. The first-order valence-electron chi connectivity index (χ1n) is 6.24. The van der Waals surface area contributed by atoms with E-state index in [9.17, 15) is 0 Å².